The molecule has 4 aliphatic rings. The van der Waals surface area contributed by atoms with Gasteiger partial charge in [0.15, 0.2) is 22.7 Å². The number of nitrogens with zero attached hydrogens (tertiary/aromatic N) is 4. The molecule has 30 heavy (non-hydrogen) atoms. The Morgan fingerprint density at radius 3 is 2.53 bits per heavy atom. The lowest BCUT2D eigenvalue weighted by molar-refractivity contribution is 0.0524. The number of amides is 1. The van der Waals surface area contributed by atoms with E-state index in [1.54, 1.807) is 23.3 Å². The summed E-state index contributed by atoms with van der Waals surface area (Å²) >= 11 is -0.472. The Labute approximate surface area is 175 Å². The summed E-state index contributed by atoms with van der Waals surface area (Å²) in [5.74, 6) is -0.388. The Kier molecular flexibility index (Phi) is 5.65. The van der Waals surface area contributed by atoms with Crippen molar-refractivity contribution in [2.75, 3.05) is 39.4 Å². The molecule has 160 valence electrons. The molecule has 4 heterocycles. The van der Waals surface area contributed by atoms with E-state index in [0.717, 1.165) is 6.07 Å². The predicted octanol–water partition coefficient (Wildman–Crippen LogP) is 1.30. The fourth-order valence-corrected chi connectivity index (χ4v) is 5.70. The second kappa shape index (κ2) is 8.23. The molecule has 4 aliphatic heterocycles. The van der Waals surface area contributed by atoms with Crippen LogP contribution >= 0.6 is 0 Å². The number of esters is 1. The molecule has 0 aromatic carbocycles. The average molecular weight is 437 g/mol. The zero-order valence-corrected chi connectivity index (χ0v) is 17.5. The molecule has 1 amide bonds. The maximum absolute atomic E-state index is 14.9. The zero-order valence-electron chi connectivity index (χ0n) is 16.7. The highest BCUT2D eigenvalue weighted by Gasteiger charge is 2.49. The fraction of sp³-hybridized carbons (Fsp3) is 0.474. The molecule has 1 unspecified atom stereocenters. The molecule has 0 saturated carbocycles. The highest BCUT2D eigenvalue weighted by Crippen LogP contribution is 2.37. The van der Waals surface area contributed by atoms with Gasteiger partial charge >= 0.3 is 12.1 Å². The third kappa shape index (κ3) is 3.41. The van der Waals surface area contributed by atoms with Crippen LogP contribution in [0.4, 0.5) is 9.18 Å². The third-order valence-corrected chi connectivity index (χ3v) is 7.42. The van der Waals surface area contributed by atoms with Crippen LogP contribution in [0.15, 0.2) is 22.1 Å². The number of hydrogen-bond acceptors (Lipinski definition) is 7. The van der Waals surface area contributed by atoms with Crippen molar-refractivity contribution >= 4 is 23.1 Å². The van der Waals surface area contributed by atoms with Crippen LogP contribution in [0.25, 0.3) is 11.4 Å². The van der Waals surface area contributed by atoms with E-state index < -0.39 is 28.3 Å². The van der Waals surface area contributed by atoms with Crippen LogP contribution in [0.5, 0.6) is 0 Å². The van der Waals surface area contributed by atoms with Crippen molar-refractivity contribution in [3.05, 3.63) is 33.9 Å². The van der Waals surface area contributed by atoms with E-state index in [-0.39, 0.29) is 23.8 Å². The van der Waals surface area contributed by atoms with E-state index in [4.69, 9.17) is 9.47 Å². The van der Waals surface area contributed by atoms with Crippen molar-refractivity contribution in [1.29, 1.82) is 0 Å². The molecule has 0 radical (unpaired) electrons. The van der Waals surface area contributed by atoms with Crippen LogP contribution < -0.4 is 5.43 Å². The SMILES string of the molecule is CCOC(=O)c1cnc2n3c(c(F)cc-2c1=O)[S+](N1CCN(C(=O)OCC)CC1)C3. The van der Waals surface area contributed by atoms with Gasteiger partial charge in [0.05, 0.1) is 31.9 Å². The number of ether oxygens (including phenoxy) is 2. The van der Waals surface area contributed by atoms with Crippen LogP contribution in [0.3, 0.4) is 0 Å². The van der Waals surface area contributed by atoms with Crippen LogP contribution in [0.2, 0.25) is 0 Å². The van der Waals surface area contributed by atoms with Crippen LogP contribution in [0, 0.1) is 5.82 Å². The largest absolute Gasteiger partial charge is 0.462 e. The Bertz CT molecular complexity index is 1020. The zero-order chi connectivity index (χ0) is 21.4. The number of piperazine rings is 1. The first-order chi connectivity index (χ1) is 14.5. The van der Waals surface area contributed by atoms with Gasteiger partial charge in [0.1, 0.15) is 5.56 Å². The van der Waals surface area contributed by atoms with Crippen molar-refractivity contribution < 1.29 is 23.5 Å². The molecule has 4 rings (SSSR count). The van der Waals surface area contributed by atoms with Gasteiger partial charge in [0.2, 0.25) is 11.3 Å². The first-order valence-corrected chi connectivity index (χ1v) is 11.1. The molecule has 0 spiro atoms. The normalized spacial score (nSPS) is 18.6. The lowest BCUT2D eigenvalue weighted by atomic mass is 10.1. The van der Waals surface area contributed by atoms with Crippen LogP contribution in [0.1, 0.15) is 24.2 Å². The van der Waals surface area contributed by atoms with E-state index in [0.29, 0.717) is 49.5 Å². The van der Waals surface area contributed by atoms with E-state index in [1.807, 2.05) is 0 Å². The van der Waals surface area contributed by atoms with Crippen molar-refractivity contribution in [2.45, 2.75) is 24.8 Å². The topological polar surface area (TPSA) is 94.0 Å². The summed E-state index contributed by atoms with van der Waals surface area (Å²) in [6.45, 7) is 6.13. The van der Waals surface area contributed by atoms with Gasteiger partial charge in [-0.05, 0) is 19.9 Å². The molecular weight excluding hydrogens is 415 g/mol. The van der Waals surface area contributed by atoms with Gasteiger partial charge in [-0.1, -0.05) is 0 Å². The Morgan fingerprint density at radius 1 is 1.17 bits per heavy atom. The number of fused-ring (bicyclic) bond motifs is 3. The number of halogens is 1. The summed E-state index contributed by atoms with van der Waals surface area (Å²) in [5.41, 5.74) is -0.711. The van der Waals surface area contributed by atoms with Crippen molar-refractivity contribution in [2.24, 2.45) is 0 Å². The molecule has 0 aromatic rings. The van der Waals surface area contributed by atoms with E-state index in [1.165, 1.54) is 6.20 Å². The van der Waals surface area contributed by atoms with Crippen LogP contribution in [-0.4, -0.2) is 70.2 Å². The third-order valence-electron chi connectivity index (χ3n) is 5.07. The maximum Gasteiger partial charge on any atom is 0.409 e. The molecule has 1 atom stereocenters. The minimum Gasteiger partial charge on any atom is -0.462 e. The van der Waals surface area contributed by atoms with Gasteiger partial charge in [0, 0.05) is 19.3 Å². The standard InChI is InChI=1S/C19H22FN4O5S/c1-3-28-18(26)13-10-21-16-12(15(13)25)9-14(20)17-24(16)11-30(17)23-7-5-22(6-8-23)19(27)29-4-2/h9-10H,3-8,11H2,1-2H3/q+1. The van der Waals surface area contributed by atoms with Gasteiger partial charge in [0.25, 0.3) is 5.03 Å². The minimum absolute atomic E-state index is 0.0668. The average Bonchev–Trinajstić information content (AvgIpc) is 2.70. The molecule has 0 N–H and O–H groups in total. The summed E-state index contributed by atoms with van der Waals surface area (Å²) < 4.78 is 28.7. The molecule has 9 nitrogen and oxygen atoms in total. The summed E-state index contributed by atoms with van der Waals surface area (Å²) in [5, 5.41) is 0.489. The summed E-state index contributed by atoms with van der Waals surface area (Å²) in [4.78, 5) is 42.3. The lowest BCUT2D eigenvalue weighted by Gasteiger charge is -2.36. The van der Waals surface area contributed by atoms with Gasteiger partial charge in [-0.3, -0.25) is 4.79 Å². The number of pyridine rings is 2. The van der Waals surface area contributed by atoms with Gasteiger partial charge in [-0.15, -0.1) is 4.31 Å². The second-order valence-corrected chi connectivity index (χ2v) is 8.68. The molecule has 0 aliphatic carbocycles. The first-order valence-electron chi connectivity index (χ1n) is 9.73. The van der Waals surface area contributed by atoms with Crippen molar-refractivity contribution in [1.82, 2.24) is 18.8 Å². The number of carbonyl (C=O) groups is 2. The van der Waals surface area contributed by atoms with Gasteiger partial charge in [-0.2, -0.15) is 4.39 Å². The minimum atomic E-state index is -0.760. The number of hydrogen-bond donors (Lipinski definition) is 0. The Morgan fingerprint density at radius 2 is 1.87 bits per heavy atom. The van der Waals surface area contributed by atoms with E-state index >= 15 is 0 Å². The van der Waals surface area contributed by atoms with Gasteiger partial charge < -0.3 is 14.4 Å². The second-order valence-electron chi connectivity index (χ2n) is 6.79. The molecule has 1 saturated heterocycles. The first kappa shape index (κ1) is 20.6. The van der Waals surface area contributed by atoms with E-state index in [9.17, 15) is 18.8 Å². The molecule has 1 fully saturated rings. The van der Waals surface area contributed by atoms with E-state index in [2.05, 4.69) is 9.29 Å². The van der Waals surface area contributed by atoms with Crippen LogP contribution in [-0.2, 0) is 26.4 Å². The molecular formula is C19H22FN4O5S+. The Hall–Kier alpha value is -2.66. The maximum atomic E-state index is 14.9. The molecule has 11 heteroatoms. The monoisotopic (exact) mass is 437 g/mol. The van der Waals surface area contributed by atoms with Gasteiger partial charge in [-0.25, -0.2) is 19.1 Å². The fourth-order valence-electron chi connectivity index (χ4n) is 3.60. The number of aromatic nitrogens is 2. The summed E-state index contributed by atoms with van der Waals surface area (Å²) in [6.07, 6.45) is 0.869. The summed E-state index contributed by atoms with van der Waals surface area (Å²) in [6, 6.07) is 1.16. The quantitative estimate of drug-likeness (QED) is 0.526. The molecule has 0 bridgehead atoms. The smallest absolute Gasteiger partial charge is 0.409 e. The van der Waals surface area contributed by atoms with Crippen molar-refractivity contribution in [3.63, 3.8) is 0 Å². The molecule has 0 aromatic heterocycles. The van der Waals surface area contributed by atoms with Crippen molar-refractivity contribution in [3.8, 4) is 11.4 Å². The lowest BCUT2D eigenvalue weighted by Crippen LogP contribution is -2.54. The summed E-state index contributed by atoms with van der Waals surface area (Å²) in [7, 11) is 0. The predicted molar refractivity (Wildman–Crippen MR) is 107 cm³/mol. The number of rotatable bonds is 4. The highest BCUT2D eigenvalue weighted by molar-refractivity contribution is 7.94. The number of carbonyl (C=O) groups excluding carboxylic acids is 2. The highest BCUT2D eigenvalue weighted by atomic mass is 32.2. The Balaban J connectivity index is 1.57.